The van der Waals surface area contributed by atoms with Crippen molar-refractivity contribution in [3.63, 3.8) is 0 Å². The van der Waals surface area contributed by atoms with Crippen LogP contribution in [0.1, 0.15) is 26.7 Å². The van der Waals surface area contributed by atoms with E-state index in [2.05, 4.69) is 51.5 Å². The molecule has 0 aliphatic carbocycles. The minimum absolute atomic E-state index is 0. The monoisotopic (exact) mass is 786 g/mol. The SMILES string of the molecule is [2H]C(C)(C)c1ccnc(-c2[c-]cc(F)c3c2sc2ccccc23)c1.[CH3][Ge]([CH3])([CH3])[c]1ccc(-c2[c-]cccc2)nc1.[Ir]. The van der Waals surface area contributed by atoms with Crippen molar-refractivity contribution in [1.29, 1.82) is 0 Å². The molecule has 0 spiro atoms. The summed E-state index contributed by atoms with van der Waals surface area (Å²) in [7, 11) is 0. The van der Waals surface area contributed by atoms with Gasteiger partial charge in [-0.1, -0.05) is 43.7 Å². The summed E-state index contributed by atoms with van der Waals surface area (Å²) in [5.41, 5.74) is 4.47. The summed E-state index contributed by atoms with van der Waals surface area (Å²) in [6, 6.07) is 31.5. The minimum atomic E-state index is -1.72. The summed E-state index contributed by atoms with van der Waals surface area (Å²) in [6.45, 7) is 3.69. The van der Waals surface area contributed by atoms with Crippen molar-refractivity contribution in [2.75, 3.05) is 0 Å². The minimum Gasteiger partial charge on any atom is 0 e. The number of pyridine rings is 2. The van der Waals surface area contributed by atoms with E-state index in [-0.39, 0.29) is 25.9 Å². The maximum absolute atomic E-state index is 14.4. The first-order valence-corrected chi connectivity index (χ1v) is 21.1. The van der Waals surface area contributed by atoms with Crippen molar-refractivity contribution in [1.82, 2.24) is 9.97 Å². The van der Waals surface area contributed by atoms with Crippen LogP contribution < -0.4 is 4.40 Å². The van der Waals surface area contributed by atoms with Crippen molar-refractivity contribution in [3.8, 4) is 22.5 Å². The molecule has 0 N–H and O–H groups in total. The summed E-state index contributed by atoms with van der Waals surface area (Å²) in [6.07, 6.45) is 3.74. The summed E-state index contributed by atoms with van der Waals surface area (Å²) in [4.78, 5) is 8.97. The van der Waals surface area contributed by atoms with Crippen LogP contribution in [0.3, 0.4) is 0 Å². The van der Waals surface area contributed by atoms with E-state index in [1.165, 1.54) is 10.5 Å². The van der Waals surface area contributed by atoms with Crippen LogP contribution in [-0.2, 0) is 20.1 Å². The summed E-state index contributed by atoms with van der Waals surface area (Å²) in [5.74, 6) is 6.17. The molecule has 0 aliphatic heterocycles. The average Bonchev–Trinajstić information content (AvgIpc) is 3.34. The topological polar surface area (TPSA) is 25.8 Å². The van der Waals surface area contributed by atoms with E-state index in [0.29, 0.717) is 5.39 Å². The average molecular weight is 785 g/mol. The van der Waals surface area contributed by atoms with Crippen LogP contribution in [0.5, 0.6) is 0 Å². The number of hydrogen-bond acceptors (Lipinski definition) is 3. The van der Waals surface area contributed by atoms with E-state index in [0.717, 1.165) is 42.9 Å². The van der Waals surface area contributed by atoms with E-state index in [1.54, 1.807) is 17.5 Å². The number of rotatable bonds is 4. The molecule has 6 aromatic rings. The molecule has 0 aliphatic rings. The van der Waals surface area contributed by atoms with E-state index in [9.17, 15) is 4.39 Å². The van der Waals surface area contributed by atoms with Crippen LogP contribution in [-0.4, -0.2) is 23.2 Å². The van der Waals surface area contributed by atoms with Crippen molar-refractivity contribution >= 4 is 49.2 Å². The van der Waals surface area contributed by atoms with Gasteiger partial charge in [-0.15, -0.1) is 17.7 Å². The fourth-order valence-electron chi connectivity index (χ4n) is 4.35. The molecular weight excluding hydrogens is 752 g/mol. The van der Waals surface area contributed by atoms with Gasteiger partial charge < -0.3 is 4.98 Å². The molecule has 6 heteroatoms. The third kappa shape index (κ3) is 6.61. The fourth-order valence-corrected chi connectivity index (χ4v) is 7.74. The van der Waals surface area contributed by atoms with Crippen molar-refractivity contribution < 1.29 is 25.9 Å². The first-order chi connectivity index (χ1) is 19.0. The van der Waals surface area contributed by atoms with E-state index in [4.69, 9.17) is 1.37 Å². The van der Waals surface area contributed by atoms with Crippen LogP contribution in [0.4, 0.5) is 4.39 Å². The zero-order valence-electron chi connectivity index (χ0n) is 24.2. The Labute approximate surface area is 257 Å². The molecule has 0 atom stereocenters. The predicted octanol–water partition coefficient (Wildman–Crippen LogP) is 9.27. The van der Waals surface area contributed by atoms with Crippen LogP contribution in [0, 0.1) is 17.9 Å². The van der Waals surface area contributed by atoms with Gasteiger partial charge in [-0.3, -0.25) is 4.39 Å². The second kappa shape index (κ2) is 12.9. The molecule has 1 radical (unpaired) electrons. The Morgan fingerprint density at radius 3 is 2.38 bits per heavy atom. The van der Waals surface area contributed by atoms with Gasteiger partial charge in [0.2, 0.25) is 0 Å². The number of fused-ring (bicyclic) bond motifs is 3. The molecule has 0 fully saturated rings. The summed E-state index contributed by atoms with van der Waals surface area (Å²) < 4.78 is 26.0. The van der Waals surface area contributed by atoms with Gasteiger partial charge in [-0.05, 0) is 39.2 Å². The molecule has 0 saturated carbocycles. The normalized spacial score (nSPS) is 11.9. The Morgan fingerprint density at radius 1 is 0.925 bits per heavy atom. The molecule has 3 aromatic carbocycles. The smallest absolute Gasteiger partial charge is 0 e. The van der Waals surface area contributed by atoms with Gasteiger partial charge in [0.15, 0.2) is 0 Å². The largest absolute Gasteiger partial charge is 0 e. The van der Waals surface area contributed by atoms with Gasteiger partial charge in [0.1, 0.15) is 0 Å². The Hall–Kier alpha value is -2.70. The molecule has 0 amide bonds. The van der Waals surface area contributed by atoms with Crippen LogP contribution >= 0.6 is 11.3 Å². The molecule has 6 rings (SSSR count). The Morgan fingerprint density at radius 2 is 1.70 bits per heavy atom. The molecule has 205 valence electrons. The standard InChI is InChI=1S/C20H15FNS.C14H16GeN.Ir/c1-12(2)13-9-10-22-17(11-13)14-7-8-16(21)19-15-5-3-4-6-18(15)23-20(14)19;1-15(2,3)13-9-10-14(16-11-13)12-7-5-4-6-8-12;/h3-6,8-12H,1-2H3;4-7,9-11H,1-3H3;/q2*-1;/i12D;;. The van der Waals surface area contributed by atoms with Gasteiger partial charge in [-0.2, -0.15) is 11.3 Å². The third-order valence-corrected chi connectivity index (χ3v) is 12.1. The van der Waals surface area contributed by atoms with Crippen LogP contribution in [0.2, 0.25) is 17.3 Å². The first-order valence-electron chi connectivity index (χ1n) is 13.4. The Bertz CT molecular complexity index is 1780. The molecule has 0 bridgehead atoms. The predicted molar refractivity (Wildman–Crippen MR) is 167 cm³/mol. The first kappa shape index (κ1) is 28.8. The van der Waals surface area contributed by atoms with Crippen molar-refractivity contribution in [2.24, 2.45) is 0 Å². The molecule has 3 aromatic heterocycles. The van der Waals surface area contributed by atoms with Gasteiger partial charge in [0, 0.05) is 38.2 Å². The molecule has 2 nitrogen and oxygen atoms in total. The third-order valence-electron chi connectivity index (χ3n) is 6.61. The van der Waals surface area contributed by atoms with Crippen LogP contribution in [0.25, 0.3) is 42.7 Å². The molecular formula is C34H31FGeIrN2S-2. The number of nitrogens with zero attached hydrogens (tertiary/aromatic N) is 2. The van der Waals surface area contributed by atoms with Gasteiger partial charge >= 0.3 is 99.8 Å². The number of halogens is 1. The second-order valence-corrected chi connectivity index (χ2v) is 22.4. The zero-order chi connectivity index (χ0) is 28.5. The fraction of sp³-hybridized carbons (Fsp3) is 0.176. The number of benzene rings is 3. The van der Waals surface area contributed by atoms with E-state index in [1.807, 2.05) is 80.7 Å². The van der Waals surface area contributed by atoms with Gasteiger partial charge in [0.25, 0.3) is 0 Å². The van der Waals surface area contributed by atoms with E-state index >= 15 is 0 Å². The van der Waals surface area contributed by atoms with E-state index < -0.39 is 19.2 Å². The summed E-state index contributed by atoms with van der Waals surface area (Å²) in [5, 5.41) is 1.55. The second-order valence-electron chi connectivity index (χ2n) is 10.7. The Kier molecular flexibility index (Phi) is 9.27. The number of aromatic nitrogens is 2. The number of thiophene rings is 1. The van der Waals surface area contributed by atoms with Gasteiger partial charge in [-0.25, -0.2) is 0 Å². The number of hydrogen-bond donors (Lipinski definition) is 0. The molecule has 40 heavy (non-hydrogen) atoms. The van der Waals surface area contributed by atoms with Crippen LogP contribution in [0.15, 0.2) is 91.3 Å². The quantitative estimate of drug-likeness (QED) is 0.132. The summed E-state index contributed by atoms with van der Waals surface area (Å²) >= 11 is -0.163. The van der Waals surface area contributed by atoms with Crippen molar-refractivity contribution in [2.45, 2.75) is 37.0 Å². The maximum atomic E-state index is 14.4. The Balaban J connectivity index is 0.000000200. The zero-order valence-corrected chi connectivity index (χ0v) is 28.5. The molecule has 3 heterocycles. The molecule has 0 unspecified atom stereocenters. The van der Waals surface area contributed by atoms with Crippen molar-refractivity contribution in [3.05, 3.63) is 115 Å². The molecule has 0 saturated heterocycles. The maximum Gasteiger partial charge on any atom is 0 e. The van der Waals surface area contributed by atoms with Gasteiger partial charge in [0.05, 0.1) is 0 Å².